The number of amides is 3. The van der Waals surface area contributed by atoms with Crippen molar-refractivity contribution in [3.8, 4) is 5.69 Å². The number of hydrogen-bond donors (Lipinski definition) is 2. The molecule has 1 aromatic heterocycles. The van der Waals surface area contributed by atoms with Gasteiger partial charge in [0.05, 0.1) is 21.4 Å². The van der Waals surface area contributed by atoms with Crippen LogP contribution >= 0.6 is 23.2 Å². The lowest BCUT2D eigenvalue weighted by molar-refractivity contribution is -0.116. The lowest BCUT2D eigenvalue weighted by Crippen LogP contribution is -2.41. The van der Waals surface area contributed by atoms with E-state index in [1.54, 1.807) is 22.9 Å². The Hall–Kier alpha value is -3.03. The van der Waals surface area contributed by atoms with Crippen molar-refractivity contribution in [2.24, 2.45) is 0 Å². The summed E-state index contributed by atoms with van der Waals surface area (Å²) in [5.74, 6) is 0.150. The molecule has 3 aromatic rings. The van der Waals surface area contributed by atoms with Crippen LogP contribution in [-0.4, -0.2) is 39.7 Å². The molecule has 0 radical (unpaired) electrons. The highest BCUT2D eigenvalue weighted by atomic mass is 35.5. The van der Waals surface area contributed by atoms with E-state index in [1.807, 2.05) is 58.0 Å². The lowest BCUT2D eigenvalue weighted by Gasteiger charge is -2.22. The molecule has 0 aliphatic carbocycles. The zero-order valence-corrected chi connectivity index (χ0v) is 22.9. The Morgan fingerprint density at radius 2 is 1.67 bits per heavy atom. The standard InChI is InChI=1S/C27H33Cl2N5O2/c1-6-14-33(26(36)30-19-10-8-18(7-2)9-11-19)17-25(35)31-24-16-23(27(3,4)5)32-34(24)20-12-13-21(28)22(29)15-20/h8-13,15-16H,6-7,14,17H2,1-5H3,(H,30,36)(H,31,35). The number of carbonyl (C=O) groups excluding carboxylic acids is 2. The molecule has 1 heterocycles. The Bertz CT molecular complexity index is 1220. The van der Waals surface area contributed by atoms with Crippen LogP contribution in [0.4, 0.5) is 16.3 Å². The fourth-order valence-corrected chi connectivity index (χ4v) is 3.85. The first-order chi connectivity index (χ1) is 17.0. The van der Waals surface area contributed by atoms with Crippen LogP contribution in [0, 0.1) is 0 Å². The molecule has 2 aromatic carbocycles. The molecule has 2 N–H and O–H groups in total. The van der Waals surface area contributed by atoms with Crippen molar-refractivity contribution in [1.29, 1.82) is 0 Å². The van der Waals surface area contributed by atoms with Gasteiger partial charge >= 0.3 is 6.03 Å². The molecule has 3 amide bonds. The smallest absolute Gasteiger partial charge is 0.315 e. The van der Waals surface area contributed by atoms with E-state index >= 15 is 0 Å². The van der Waals surface area contributed by atoms with Crippen LogP contribution < -0.4 is 10.6 Å². The van der Waals surface area contributed by atoms with Crippen LogP contribution in [0.25, 0.3) is 5.69 Å². The number of aryl methyl sites for hydroxylation is 1. The van der Waals surface area contributed by atoms with Gasteiger partial charge in [0.2, 0.25) is 5.91 Å². The first kappa shape index (κ1) is 27.6. The molecule has 0 saturated carbocycles. The van der Waals surface area contributed by atoms with Gasteiger partial charge in [-0.1, -0.05) is 70.0 Å². The minimum Gasteiger partial charge on any atom is -0.315 e. The summed E-state index contributed by atoms with van der Waals surface area (Å²) in [4.78, 5) is 27.5. The van der Waals surface area contributed by atoms with Gasteiger partial charge in [0.25, 0.3) is 0 Å². The van der Waals surface area contributed by atoms with Gasteiger partial charge in [0.1, 0.15) is 12.4 Å². The molecule has 0 aliphatic rings. The minimum absolute atomic E-state index is 0.107. The van der Waals surface area contributed by atoms with Crippen molar-refractivity contribution in [2.75, 3.05) is 23.7 Å². The monoisotopic (exact) mass is 529 g/mol. The van der Waals surface area contributed by atoms with Crippen molar-refractivity contribution >= 4 is 46.6 Å². The number of nitrogens with zero attached hydrogens (tertiary/aromatic N) is 3. The molecule has 0 atom stereocenters. The highest BCUT2D eigenvalue weighted by Gasteiger charge is 2.23. The van der Waals surface area contributed by atoms with Gasteiger partial charge < -0.3 is 15.5 Å². The Kier molecular flexibility index (Phi) is 9.03. The molecule has 0 unspecified atom stereocenters. The molecule has 3 rings (SSSR count). The van der Waals surface area contributed by atoms with Crippen LogP contribution in [-0.2, 0) is 16.6 Å². The van der Waals surface area contributed by atoms with E-state index in [-0.39, 0.29) is 23.9 Å². The third kappa shape index (κ3) is 7.02. The molecular weight excluding hydrogens is 497 g/mol. The zero-order chi connectivity index (χ0) is 26.5. The van der Waals surface area contributed by atoms with E-state index < -0.39 is 0 Å². The Balaban J connectivity index is 1.79. The molecule has 36 heavy (non-hydrogen) atoms. The van der Waals surface area contributed by atoms with E-state index in [9.17, 15) is 9.59 Å². The number of halogens is 2. The predicted molar refractivity (Wildman–Crippen MR) is 148 cm³/mol. The third-order valence-electron chi connectivity index (χ3n) is 5.62. The molecule has 0 aliphatic heterocycles. The lowest BCUT2D eigenvalue weighted by atomic mass is 9.92. The molecule has 9 heteroatoms. The van der Waals surface area contributed by atoms with Gasteiger partial charge in [0, 0.05) is 23.7 Å². The van der Waals surface area contributed by atoms with Crippen molar-refractivity contribution in [1.82, 2.24) is 14.7 Å². The first-order valence-electron chi connectivity index (χ1n) is 12.0. The van der Waals surface area contributed by atoms with Crippen molar-refractivity contribution in [3.05, 3.63) is 69.8 Å². The number of anilines is 2. The topological polar surface area (TPSA) is 79.3 Å². The van der Waals surface area contributed by atoms with E-state index in [2.05, 4.69) is 17.6 Å². The second-order valence-electron chi connectivity index (χ2n) is 9.63. The number of urea groups is 1. The number of carbonyl (C=O) groups is 2. The first-order valence-corrected chi connectivity index (χ1v) is 12.8. The second kappa shape index (κ2) is 11.8. The maximum atomic E-state index is 13.1. The number of hydrogen-bond acceptors (Lipinski definition) is 3. The Morgan fingerprint density at radius 3 is 2.25 bits per heavy atom. The van der Waals surface area contributed by atoms with E-state index in [0.717, 1.165) is 12.1 Å². The Labute approximate surface area is 222 Å². The minimum atomic E-state index is -0.332. The highest BCUT2D eigenvalue weighted by molar-refractivity contribution is 6.42. The van der Waals surface area contributed by atoms with Crippen LogP contribution in [0.5, 0.6) is 0 Å². The van der Waals surface area contributed by atoms with Crippen molar-refractivity contribution in [2.45, 2.75) is 52.9 Å². The molecular formula is C27H33Cl2N5O2. The summed E-state index contributed by atoms with van der Waals surface area (Å²) >= 11 is 12.3. The number of rotatable bonds is 8. The van der Waals surface area contributed by atoms with Crippen molar-refractivity contribution < 1.29 is 9.59 Å². The van der Waals surface area contributed by atoms with Gasteiger partial charge in [-0.05, 0) is 48.7 Å². The van der Waals surface area contributed by atoms with E-state index in [4.69, 9.17) is 28.3 Å². The van der Waals surface area contributed by atoms with Gasteiger partial charge in [-0.2, -0.15) is 5.10 Å². The van der Waals surface area contributed by atoms with Crippen LogP contribution in [0.1, 0.15) is 52.3 Å². The molecule has 0 bridgehead atoms. The number of aromatic nitrogens is 2. The number of benzene rings is 2. The second-order valence-corrected chi connectivity index (χ2v) is 10.4. The van der Waals surface area contributed by atoms with Crippen LogP contribution in [0.15, 0.2) is 48.5 Å². The average molecular weight is 531 g/mol. The fraction of sp³-hybridized carbons (Fsp3) is 0.370. The molecule has 7 nitrogen and oxygen atoms in total. The maximum Gasteiger partial charge on any atom is 0.322 e. The van der Waals surface area contributed by atoms with Crippen molar-refractivity contribution in [3.63, 3.8) is 0 Å². The quantitative estimate of drug-likeness (QED) is 0.332. The van der Waals surface area contributed by atoms with Gasteiger partial charge in [-0.15, -0.1) is 0 Å². The normalized spacial score (nSPS) is 11.3. The summed E-state index contributed by atoms with van der Waals surface area (Å²) in [7, 11) is 0. The van der Waals surface area contributed by atoms with E-state index in [1.165, 1.54) is 10.5 Å². The molecule has 0 saturated heterocycles. The van der Waals surface area contributed by atoms with Gasteiger partial charge in [-0.3, -0.25) is 4.79 Å². The van der Waals surface area contributed by atoms with E-state index in [0.29, 0.717) is 40.2 Å². The zero-order valence-electron chi connectivity index (χ0n) is 21.4. The fourth-order valence-electron chi connectivity index (χ4n) is 3.55. The van der Waals surface area contributed by atoms with Crippen LogP contribution in [0.3, 0.4) is 0 Å². The summed E-state index contributed by atoms with van der Waals surface area (Å²) in [6.07, 6.45) is 1.64. The predicted octanol–water partition coefficient (Wildman–Crippen LogP) is 6.92. The summed E-state index contributed by atoms with van der Waals surface area (Å²) in [5, 5.41) is 11.3. The average Bonchev–Trinajstić information content (AvgIpc) is 3.25. The summed E-state index contributed by atoms with van der Waals surface area (Å²) in [5.41, 5.74) is 3.08. The maximum absolute atomic E-state index is 13.1. The highest BCUT2D eigenvalue weighted by Crippen LogP contribution is 2.29. The number of nitrogens with one attached hydrogen (secondary N) is 2. The SMILES string of the molecule is CCCN(CC(=O)Nc1cc(C(C)(C)C)nn1-c1ccc(Cl)c(Cl)c1)C(=O)Nc1ccc(CC)cc1. The molecule has 0 spiro atoms. The molecule has 192 valence electrons. The van der Waals surface area contributed by atoms with Crippen LogP contribution in [0.2, 0.25) is 10.0 Å². The Morgan fingerprint density at radius 1 is 0.972 bits per heavy atom. The molecule has 0 fully saturated rings. The summed E-state index contributed by atoms with van der Waals surface area (Å²) in [6.45, 7) is 10.5. The van der Waals surface area contributed by atoms with Gasteiger partial charge in [-0.25, -0.2) is 9.48 Å². The summed E-state index contributed by atoms with van der Waals surface area (Å²) < 4.78 is 1.63. The third-order valence-corrected chi connectivity index (χ3v) is 6.36. The summed E-state index contributed by atoms with van der Waals surface area (Å²) in [6, 6.07) is 14.3. The largest absolute Gasteiger partial charge is 0.322 e. The van der Waals surface area contributed by atoms with Gasteiger partial charge in [0.15, 0.2) is 0 Å².